The van der Waals surface area contributed by atoms with Crippen molar-refractivity contribution in [3.63, 3.8) is 0 Å². The number of carbonyl (C=O) groups is 2. The molecule has 19 heavy (non-hydrogen) atoms. The smallest absolute Gasteiger partial charge is 0.340 e. The first-order valence-corrected chi connectivity index (χ1v) is 5.66. The van der Waals surface area contributed by atoms with E-state index < -0.39 is 11.9 Å². The molecule has 2 rings (SSSR count). The van der Waals surface area contributed by atoms with Crippen molar-refractivity contribution in [1.82, 2.24) is 9.97 Å². The number of aryl methyl sites for hydroxylation is 2. The van der Waals surface area contributed by atoms with E-state index in [9.17, 15) is 9.59 Å². The highest BCUT2D eigenvalue weighted by Gasteiger charge is 2.20. The van der Waals surface area contributed by atoms with Crippen LogP contribution in [0.3, 0.4) is 0 Å². The van der Waals surface area contributed by atoms with E-state index in [-0.39, 0.29) is 0 Å². The van der Waals surface area contributed by atoms with Gasteiger partial charge in [-0.2, -0.15) is 0 Å². The lowest BCUT2D eigenvalue weighted by molar-refractivity contribution is 0.0589. The summed E-state index contributed by atoms with van der Waals surface area (Å²) in [6, 6.07) is 1.60. The second-order valence-electron chi connectivity index (χ2n) is 4.13. The van der Waals surface area contributed by atoms with Gasteiger partial charge in [0.15, 0.2) is 0 Å². The van der Waals surface area contributed by atoms with Crippen LogP contribution in [0.15, 0.2) is 6.07 Å². The molecule has 0 aliphatic heterocycles. The number of methoxy groups -OCH3 is 2. The van der Waals surface area contributed by atoms with Gasteiger partial charge in [0.1, 0.15) is 5.65 Å². The monoisotopic (exact) mass is 262 g/mol. The molecule has 0 radical (unpaired) electrons. The van der Waals surface area contributed by atoms with Crippen LogP contribution >= 0.6 is 0 Å². The Bertz CT molecular complexity index is 673. The Morgan fingerprint density at radius 1 is 1.16 bits per heavy atom. The molecule has 0 saturated heterocycles. The summed E-state index contributed by atoms with van der Waals surface area (Å²) in [6.45, 7) is 3.46. The summed E-state index contributed by atoms with van der Waals surface area (Å²) in [6.07, 6.45) is 0. The minimum Gasteiger partial charge on any atom is -0.465 e. The van der Waals surface area contributed by atoms with Crippen molar-refractivity contribution in [2.75, 3.05) is 14.2 Å². The van der Waals surface area contributed by atoms with Gasteiger partial charge in [0, 0.05) is 11.1 Å². The fraction of sp³-hybridized carbons (Fsp3) is 0.308. The number of nitrogens with one attached hydrogen (secondary N) is 1. The summed E-state index contributed by atoms with van der Waals surface area (Å²) in [5.74, 6) is -0.952. The van der Waals surface area contributed by atoms with Gasteiger partial charge in [0.05, 0.1) is 31.0 Å². The molecular weight excluding hydrogens is 248 g/mol. The Morgan fingerprint density at radius 3 is 2.37 bits per heavy atom. The van der Waals surface area contributed by atoms with E-state index in [2.05, 4.69) is 9.97 Å². The van der Waals surface area contributed by atoms with Crippen LogP contribution in [-0.4, -0.2) is 36.1 Å². The van der Waals surface area contributed by atoms with Crippen LogP contribution in [0.2, 0.25) is 0 Å². The number of nitrogens with zero attached hydrogens (tertiary/aromatic N) is 1. The minimum absolute atomic E-state index is 0.333. The maximum atomic E-state index is 11.8. The molecule has 6 nitrogen and oxygen atoms in total. The molecule has 0 aromatic carbocycles. The maximum absolute atomic E-state index is 11.8. The van der Waals surface area contributed by atoms with Crippen molar-refractivity contribution in [3.05, 3.63) is 28.6 Å². The van der Waals surface area contributed by atoms with Gasteiger partial charge in [-0.1, -0.05) is 0 Å². The molecule has 0 bridgehead atoms. The Kier molecular flexibility index (Phi) is 3.25. The molecule has 2 heterocycles. The van der Waals surface area contributed by atoms with Gasteiger partial charge >= 0.3 is 11.9 Å². The minimum atomic E-state index is -0.485. The van der Waals surface area contributed by atoms with E-state index in [4.69, 9.17) is 9.47 Å². The molecule has 0 unspecified atom stereocenters. The number of rotatable bonds is 2. The largest absolute Gasteiger partial charge is 0.465 e. The second-order valence-corrected chi connectivity index (χ2v) is 4.13. The van der Waals surface area contributed by atoms with E-state index in [0.717, 1.165) is 0 Å². The highest BCUT2D eigenvalue weighted by atomic mass is 16.5. The number of hydrogen-bond donors (Lipinski definition) is 1. The topological polar surface area (TPSA) is 81.3 Å². The van der Waals surface area contributed by atoms with Crippen LogP contribution in [-0.2, 0) is 9.47 Å². The number of aromatic amines is 1. The highest BCUT2D eigenvalue weighted by molar-refractivity contribution is 6.06. The first-order chi connectivity index (χ1) is 8.99. The molecule has 0 aliphatic carbocycles. The number of pyridine rings is 1. The molecule has 0 aliphatic rings. The molecule has 0 saturated carbocycles. The molecule has 0 spiro atoms. The molecule has 0 atom stereocenters. The quantitative estimate of drug-likeness (QED) is 0.834. The molecule has 2 aromatic rings. The van der Waals surface area contributed by atoms with Crippen LogP contribution in [0, 0.1) is 13.8 Å². The van der Waals surface area contributed by atoms with Gasteiger partial charge in [0.2, 0.25) is 0 Å². The second kappa shape index (κ2) is 4.72. The first-order valence-electron chi connectivity index (χ1n) is 5.66. The van der Waals surface area contributed by atoms with Crippen LogP contribution in [0.4, 0.5) is 0 Å². The lowest BCUT2D eigenvalue weighted by Gasteiger charge is -2.04. The third-order valence-corrected chi connectivity index (χ3v) is 2.96. The molecule has 6 heteroatoms. The fourth-order valence-corrected chi connectivity index (χ4v) is 2.01. The Balaban J connectivity index is 2.75. The van der Waals surface area contributed by atoms with Crippen molar-refractivity contribution in [1.29, 1.82) is 0 Å². The number of aromatic nitrogens is 2. The third-order valence-electron chi connectivity index (χ3n) is 2.96. The van der Waals surface area contributed by atoms with E-state index in [0.29, 0.717) is 33.5 Å². The van der Waals surface area contributed by atoms with Gasteiger partial charge in [-0.25, -0.2) is 14.6 Å². The number of fused-ring (bicyclic) bond motifs is 1. The lowest BCUT2D eigenvalue weighted by atomic mass is 10.1. The van der Waals surface area contributed by atoms with Gasteiger partial charge in [-0.05, 0) is 19.9 Å². The summed E-state index contributed by atoms with van der Waals surface area (Å²) in [4.78, 5) is 30.7. The van der Waals surface area contributed by atoms with Gasteiger partial charge in [0.25, 0.3) is 0 Å². The standard InChI is InChI=1S/C13H14N2O4/c1-6-8(12(16)18-3)5-9-10(13(17)19-4)7(2)15-11(9)14-6/h5H,1-4H3,(H,14,15). The van der Waals surface area contributed by atoms with E-state index in [1.807, 2.05) is 0 Å². The number of esters is 2. The van der Waals surface area contributed by atoms with Gasteiger partial charge in [-0.15, -0.1) is 0 Å². The molecule has 1 N–H and O–H groups in total. The van der Waals surface area contributed by atoms with Crippen LogP contribution in [0.1, 0.15) is 32.1 Å². The average Bonchev–Trinajstić information content (AvgIpc) is 2.71. The molecule has 2 aromatic heterocycles. The van der Waals surface area contributed by atoms with E-state index in [1.165, 1.54) is 14.2 Å². The summed E-state index contributed by atoms with van der Waals surface area (Å²) < 4.78 is 9.43. The average molecular weight is 262 g/mol. The molecule has 0 amide bonds. The Morgan fingerprint density at radius 2 is 1.79 bits per heavy atom. The zero-order chi connectivity index (χ0) is 14.2. The molecule has 0 fully saturated rings. The summed E-state index contributed by atoms with van der Waals surface area (Å²) >= 11 is 0. The van der Waals surface area contributed by atoms with Gasteiger partial charge < -0.3 is 14.5 Å². The Hall–Kier alpha value is -2.37. The summed E-state index contributed by atoms with van der Waals surface area (Å²) in [5, 5.41) is 0.551. The van der Waals surface area contributed by atoms with Crippen LogP contribution in [0.5, 0.6) is 0 Å². The van der Waals surface area contributed by atoms with Crippen LogP contribution < -0.4 is 0 Å². The predicted octanol–water partition coefficient (Wildman–Crippen LogP) is 1.75. The van der Waals surface area contributed by atoms with Crippen molar-refractivity contribution in [2.45, 2.75) is 13.8 Å². The highest BCUT2D eigenvalue weighted by Crippen LogP contribution is 2.24. The van der Waals surface area contributed by atoms with Crippen molar-refractivity contribution in [2.24, 2.45) is 0 Å². The zero-order valence-corrected chi connectivity index (χ0v) is 11.2. The van der Waals surface area contributed by atoms with Crippen molar-refractivity contribution in [3.8, 4) is 0 Å². The summed E-state index contributed by atoms with van der Waals surface area (Å²) in [5.41, 5.74) is 2.45. The van der Waals surface area contributed by atoms with Crippen molar-refractivity contribution < 1.29 is 19.1 Å². The SMILES string of the molecule is COC(=O)c1cc2c(C(=O)OC)c(C)[nH]c2nc1C. The van der Waals surface area contributed by atoms with E-state index >= 15 is 0 Å². The normalized spacial score (nSPS) is 10.5. The Labute approximate surface area is 109 Å². The number of hydrogen-bond acceptors (Lipinski definition) is 5. The fourth-order valence-electron chi connectivity index (χ4n) is 2.01. The lowest BCUT2D eigenvalue weighted by Crippen LogP contribution is -2.06. The number of H-pyrrole nitrogens is 1. The zero-order valence-electron chi connectivity index (χ0n) is 11.2. The number of ether oxygens (including phenoxy) is 2. The van der Waals surface area contributed by atoms with E-state index in [1.54, 1.807) is 19.9 Å². The third kappa shape index (κ3) is 2.05. The van der Waals surface area contributed by atoms with Gasteiger partial charge in [-0.3, -0.25) is 0 Å². The molecule has 100 valence electrons. The maximum Gasteiger partial charge on any atom is 0.340 e. The molecular formula is C13H14N2O4. The summed E-state index contributed by atoms with van der Waals surface area (Å²) in [7, 11) is 2.61. The van der Waals surface area contributed by atoms with Crippen molar-refractivity contribution >= 4 is 23.0 Å². The first kappa shape index (κ1) is 13.1. The van der Waals surface area contributed by atoms with Crippen LogP contribution in [0.25, 0.3) is 11.0 Å². The number of carbonyl (C=O) groups excluding carboxylic acids is 2. The predicted molar refractivity (Wildman–Crippen MR) is 68.2 cm³/mol.